The van der Waals surface area contributed by atoms with E-state index in [0.717, 1.165) is 16.7 Å². The van der Waals surface area contributed by atoms with Crippen LogP contribution in [-0.4, -0.2) is 32.6 Å². The summed E-state index contributed by atoms with van der Waals surface area (Å²) in [5.41, 5.74) is 1.83. The minimum atomic E-state index is -0.879. The maximum absolute atomic E-state index is 11.4. The number of hydrogen-bond acceptors (Lipinski definition) is 4. The van der Waals surface area contributed by atoms with Crippen LogP contribution >= 0.6 is 11.6 Å². The van der Waals surface area contributed by atoms with Gasteiger partial charge in [0, 0.05) is 28.8 Å². The molecule has 0 fully saturated rings. The highest BCUT2D eigenvalue weighted by atomic mass is 35.5. The van der Waals surface area contributed by atoms with Crippen LogP contribution in [0.2, 0.25) is 5.02 Å². The molecule has 0 aliphatic carbocycles. The maximum atomic E-state index is 11.4. The standard InChI is InChI=1S/C18H17ClN2O3/c1-23-16(22)11-20-17-14-5-3-4-6-15(14)18(21-17,24-2)12-7-9-13(19)10-8-12/h3-10H,11H2,1-2H3,(H,20,21)/t18-/m1/s1. The summed E-state index contributed by atoms with van der Waals surface area (Å²) in [4.78, 5) is 15.8. The van der Waals surface area contributed by atoms with Crippen LogP contribution < -0.4 is 5.32 Å². The zero-order valence-corrected chi connectivity index (χ0v) is 14.1. The molecule has 0 spiro atoms. The number of halogens is 1. The molecule has 1 N–H and O–H groups in total. The van der Waals surface area contributed by atoms with E-state index in [-0.39, 0.29) is 6.54 Å². The fraction of sp³-hybridized carbons (Fsp3) is 0.222. The topological polar surface area (TPSA) is 59.9 Å². The second kappa shape index (κ2) is 6.63. The normalized spacial score (nSPS) is 20.5. The number of carbonyl (C=O) groups excluding carboxylic acids is 1. The highest BCUT2D eigenvalue weighted by Crippen LogP contribution is 2.38. The number of amidine groups is 1. The van der Waals surface area contributed by atoms with Gasteiger partial charge in [-0.3, -0.25) is 9.79 Å². The fourth-order valence-corrected chi connectivity index (χ4v) is 2.95. The molecular weight excluding hydrogens is 328 g/mol. The van der Waals surface area contributed by atoms with Crippen LogP contribution in [0.1, 0.15) is 16.7 Å². The third-order valence-electron chi connectivity index (χ3n) is 4.01. The van der Waals surface area contributed by atoms with Crippen molar-refractivity contribution in [2.24, 2.45) is 4.99 Å². The molecule has 2 aromatic rings. The molecular formula is C18H17ClN2O3. The lowest BCUT2D eigenvalue weighted by atomic mass is 9.94. The van der Waals surface area contributed by atoms with E-state index in [0.29, 0.717) is 10.9 Å². The molecule has 0 aromatic heterocycles. The van der Waals surface area contributed by atoms with E-state index >= 15 is 0 Å². The summed E-state index contributed by atoms with van der Waals surface area (Å²) in [6, 6.07) is 15.2. The second-order valence-corrected chi connectivity index (χ2v) is 5.74. The Morgan fingerprint density at radius 1 is 1.17 bits per heavy atom. The molecule has 0 saturated carbocycles. The van der Waals surface area contributed by atoms with Crippen LogP contribution in [-0.2, 0) is 20.0 Å². The number of aliphatic imine (C=N–C) groups is 1. The van der Waals surface area contributed by atoms with Gasteiger partial charge in [0.05, 0.1) is 7.11 Å². The van der Waals surface area contributed by atoms with Crippen molar-refractivity contribution < 1.29 is 14.3 Å². The van der Waals surface area contributed by atoms with Crippen LogP contribution in [0, 0.1) is 0 Å². The number of nitrogens with zero attached hydrogens (tertiary/aromatic N) is 1. The molecule has 1 atom stereocenters. The number of nitrogens with one attached hydrogen (secondary N) is 1. The summed E-state index contributed by atoms with van der Waals surface area (Å²) in [6.07, 6.45) is 0. The predicted molar refractivity (Wildman–Crippen MR) is 92.2 cm³/mol. The smallest absolute Gasteiger partial charge is 0.327 e. The molecule has 124 valence electrons. The summed E-state index contributed by atoms with van der Waals surface area (Å²) in [5, 5.41) is 3.96. The van der Waals surface area contributed by atoms with E-state index in [1.807, 2.05) is 48.5 Å². The maximum Gasteiger partial charge on any atom is 0.327 e. The average Bonchev–Trinajstić information content (AvgIpc) is 2.95. The van der Waals surface area contributed by atoms with Crippen LogP contribution in [0.4, 0.5) is 0 Å². The molecule has 6 heteroatoms. The Labute approximate surface area is 145 Å². The third kappa shape index (κ3) is 2.77. The Morgan fingerprint density at radius 3 is 2.54 bits per heavy atom. The van der Waals surface area contributed by atoms with Gasteiger partial charge in [0.15, 0.2) is 5.72 Å². The van der Waals surface area contributed by atoms with Gasteiger partial charge in [-0.15, -0.1) is 0 Å². The van der Waals surface area contributed by atoms with Gasteiger partial charge < -0.3 is 14.8 Å². The first kappa shape index (κ1) is 16.5. The molecule has 3 rings (SSSR count). The minimum Gasteiger partial charge on any atom is -0.468 e. The number of esters is 1. The monoisotopic (exact) mass is 344 g/mol. The van der Waals surface area contributed by atoms with Crippen LogP contribution in [0.15, 0.2) is 53.5 Å². The van der Waals surface area contributed by atoms with E-state index in [1.54, 1.807) is 7.11 Å². The van der Waals surface area contributed by atoms with Gasteiger partial charge in [-0.25, -0.2) is 0 Å². The molecule has 1 aliphatic rings. The minimum absolute atomic E-state index is 0.0619. The Balaban J connectivity index is 2.09. The van der Waals surface area contributed by atoms with Crippen molar-refractivity contribution in [3.05, 3.63) is 70.2 Å². The number of benzene rings is 2. The van der Waals surface area contributed by atoms with E-state index in [1.165, 1.54) is 7.11 Å². The first-order chi connectivity index (χ1) is 11.6. The van der Waals surface area contributed by atoms with Crippen LogP contribution in [0.5, 0.6) is 0 Å². The molecule has 0 unspecified atom stereocenters. The Hall–Kier alpha value is -2.37. The number of ether oxygens (including phenoxy) is 2. The lowest BCUT2D eigenvalue weighted by molar-refractivity contribution is -0.138. The molecule has 24 heavy (non-hydrogen) atoms. The summed E-state index contributed by atoms with van der Waals surface area (Å²) in [6.45, 7) is -0.0619. The summed E-state index contributed by atoms with van der Waals surface area (Å²) >= 11 is 6.00. The quantitative estimate of drug-likeness (QED) is 0.866. The number of carbonyl (C=O) groups is 1. The summed E-state index contributed by atoms with van der Waals surface area (Å²) in [7, 11) is 2.97. The molecule has 0 radical (unpaired) electrons. The number of hydrogen-bond donors (Lipinski definition) is 1. The summed E-state index contributed by atoms with van der Waals surface area (Å²) in [5.74, 6) is 0.191. The van der Waals surface area contributed by atoms with Gasteiger partial charge >= 0.3 is 5.97 Å². The number of rotatable bonds is 4. The summed E-state index contributed by atoms with van der Waals surface area (Å²) < 4.78 is 10.5. The zero-order valence-electron chi connectivity index (χ0n) is 13.4. The lowest BCUT2D eigenvalue weighted by Gasteiger charge is -2.30. The second-order valence-electron chi connectivity index (χ2n) is 5.30. The predicted octanol–water partition coefficient (Wildman–Crippen LogP) is 2.71. The van der Waals surface area contributed by atoms with Crippen LogP contribution in [0.25, 0.3) is 0 Å². The van der Waals surface area contributed by atoms with Crippen molar-refractivity contribution in [3.8, 4) is 0 Å². The molecule has 2 aromatic carbocycles. The number of fused-ring (bicyclic) bond motifs is 1. The largest absolute Gasteiger partial charge is 0.468 e. The van der Waals surface area contributed by atoms with Crippen molar-refractivity contribution >= 4 is 23.4 Å². The highest BCUT2D eigenvalue weighted by Gasteiger charge is 2.43. The first-order valence-corrected chi connectivity index (χ1v) is 7.79. The SMILES string of the molecule is COC(=O)CN=C1N[C@@](OC)(c2ccc(Cl)cc2)c2ccccc21. The van der Waals surface area contributed by atoms with Gasteiger partial charge in [0.2, 0.25) is 0 Å². The molecule has 1 heterocycles. The Bertz CT molecular complexity index is 789. The Kier molecular flexibility index (Phi) is 4.55. The first-order valence-electron chi connectivity index (χ1n) is 7.41. The molecule has 0 amide bonds. The lowest BCUT2D eigenvalue weighted by Crippen LogP contribution is -2.42. The third-order valence-corrected chi connectivity index (χ3v) is 4.26. The van der Waals surface area contributed by atoms with Gasteiger partial charge in [0.25, 0.3) is 0 Å². The molecule has 5 nitrogen and oxygen atoms in total. The van der Waals surface area contributed by atoms with Crippen molar-refractivity contribution in [3.63, 3.8) is 0 Å². The van der Waals surface area contributed by atoms with Crippen molar-refractivity contribution in [1.29, 1.82) is 0 Å². The van der Waals surface area contributed by atoms with Gasteiger partial charge in [-0.2, -0.15) is 0 Å². The fourth-order valence-electron chi connectivity index (χ4n) is 2.82. The average molecular weight is 345 g/mol. The highest BCUT2D eigenvalue weighted by molar-refractivity contribution is 6.30. The van der Waals surface area contributed by atoms with E-state index < -0.39 is 11.7 Å². The van der Waals surface area contributed by atoms with E-state index in [2.05, 4.69) is 15.0 Å². The van der Waals surface area contributed by atoms with E-state index in [4.69, 9.17) is 16.3 Å². The number of methoxy groups -OCH3 is 2. The molecule has 1 aliphatic heterocycles. The van der Waals surface area contributed by atoms with Crippen molar-refractivity contribution in [2.45, 2.75) is 5.72 Å². The van der Waals surface area contributed by atoms with Crippen molar-refractivity contribution in [1.82, 2.24) is 5.32 Å². The van der Waals surface area contributed by atoms with E-state index in [9.17, 15) is 4.79 Å². The van der Waals surface area contributed by atoms with Gasteiger partial charge in [0.1, 0.15) is 12.4 Å². The van der Waals surface area contributed by atoms with Crippen LogP contribution in [0.3, 0.4) is 0 Å². The molecule has 0 bridgehead atoms. The molecule has 0 saturated heterocycles. The Morgan fingerprint density at radius 2 is 1.88 bits per heavy atom. The zero-order chi connectivity index (χ0) is 17.2. The van der Waals surface area contributed by atoms with Gasteiger partial charge in [-0.1, -0.05) is 48.0 Å². The van der Waals surface area contributed by atoms with Crippen molar-refractivity contribution in [2.75, 3.05) is 20.8 Å². The van der Waals surface area contributed by atoms with Gasteiger partial charge in [-0.05, 0) is 12.1 Å².